The number of hydrogen-bond donors (Lipinski definition) is 13. The van der Waals surface area contributed by atoms with Crippen LogP contribution in [0.25, 0.3) is 0 Å². The second-order valence-corrected chi connectivity index (χ2v) is 11.2. The normalized spacial score (nSPS) is 52.8. The molecule has 0 saturated carbocycles. The number of carbonyl (C=O) groups is 1. The van der Waals surface area contributed by atoms with Gasteiger partial charge in [-0.15, -0.1) is 0 Å². The highest BCUT2D eigenvalue weighted by Gasteiger charge is 2.56. The van der Waals surface area contributed by atoms with Gasteiger partial charge in [-0.05, 0) is 6.92 Å². The molecule has 4 rings (SSSR count). The molecule has 0 aromatic heterocycles. The summed E-state index contributed by atoms with van der Waals surface area (Å²) in [4.78, 5) is 12.1. The Hall–Kier alpha value is -1.29. The van der Waals surface area contributed by atoms with Crippen LogP contribution in [0.2, 0.25) is 0 Å². The maximum absolute atomic E-state index is 12.1. The van der Waals surface area contributed by atoms with E-state index < -0.39 is 142 Å². The van der Waals surface area contributed by atoms with Crippen molar-refractivity contribution in [2.24, 2.45) is 0 Å². The third-order valence-corrected chi connectivity index (χ3v) is 8.13. The number of ether oxygens (including phenoxy) is 7. The van der Waals surface area contributed by atoms with Gasteiger partial charge in [0.25, 0.3) is 0 Å². The fourth-order valence-corrected chi connectivity index (χ4v) is 5.46. The monoisotopic (exact) mass is 664 g/mol. The summed E-state index contributed by atoms with van der Waals surface area (Å²) in [5.41, 5.74) is 0. The molecule has 4 saturated heterocycles. The van der Waals surface area contributed by atoms with Crippen molar-refractivity contribution in [1.29, 1.82) is 0 Å². The highest BCUT2D eigenvalue weighted by Crippen LogP contribution is 2.34. The van der Waals surface area contributed by atoms with Crippen LogP contribution < -0.4 is 0 Å². The highest BCUT2D eigenvalue weighted by atomic mass is 16.8. The summed E-state index contributed by atoms with van der Waals surface area (Å²) in [5.74, 6) is -1.79. The Morgan fingerprint density at radius 1 is 0.533 bits per heavy atom. The zero-order valence-corrected chi connectivity index (χ0v) is 23.5. The lowest BCUT2D eigenvalue weighted by Crippen LogP contribution is -2.67. The van der Waals surface area contributed by atoms with Crippen molar-refractivity contribution in [2.45, 2.75) is 130 Å². The van der Waals surface area contributed by atoms with Crippen molar-refractivity contribution in [3.63, 3.8) is 0 Å². The van der Waals surface area contributed by atoms with Crippen LogP contribution in [0.5, 0.6) is 0 Å². The first-order valence-corrected chi connectivity index (χ1v) is 14.0. The summed E-state index contributed by atoms with van der Waals surface area (Å²) in [6.45, 7) is -0.425. The first kappa shape index (κ1) is 36.5. The number of carboxylic acids is 1. The molecule has 0 bridgehead atoms. The zero-order valence-electron chi connectivity index (χ0n) is 23.5. The van der Waals surface area contributed by atoms with Gasteiger partial charge in [0.1, 0.15) is 85.5 Å². The number of carboxylic acid groups (broad SMARTS) is 1. The fraction of sp³-hybridized carbons (Fsp3) is 0.958. The summed E-state index contributed by atoms with van der Waals surface area (Å²) in [7, 11) is 0. The molecule has 0 aromatic rings. The second kappa shape index (κ2) is 14.9. The number of aliphatic hydroxyl groups is 12. The van der Waals surface area contributed by atoms with Crippen LogP contribution in [0.3, 0.4) is 0 Å². The molecule has 21 heteroatoms. The molecule has 13 N–H and O–H groups in total. The minimum absolute atomic E-state index is 0.867. The lowest BCUT2D eigenvalue weighted by Gasteiger charge is -2.48. The minimum atomic E-state index is -2.19. The first-order valence-electron chi connectivity index (χ1n) is 14.0. The van der Waals surface area contributed by atoms with Crippen molar-refractivity contribution in [2.75, 3.05) is 13.2 Å². The minimum Gasteiger partial charge on any atom is -0.479 e. The predicted molar refractivity (Wildman–Crippen MR) is 133 cm³/mol. The Balaban J connectivity index is 1.46. The highest BCUT2D eigenvalue weighted by molar-refractivity contribution is 5.73. The quantitative estimate of drug-likeness (QED) is 0.109. The SMILES string of the molecule is C[C@@H]1O[C@@H](O[C@H]2[C@H](O)[C@@H](O)[C@H](O[C@H]3[C@H](O)[C@@H](O)[C@H](O[C@H]4[C@H](O)[C@@H](O)C(O)O[C@@H]4CO)O[C@@H]3C(=O)O)O[C@@H]2CO)[C@H](O)[C@H](O)[C@H]1O. The molecule has 262 valence electrons. The zero-order chi connectivity index (χ0) is 33.5. The van der Waals surface area contributed by atoms with Gasteiger partial charge in [-0.3, -0.25) is 0 Å². The van der Waals surface area contributed by atoms with E-state index in [1.165, 1.54) is 6.92 Å². The Morgan fingerprint density at radius 2 is 0.956 bits per heavy atom. The lowest BCUT2D eigenvalue weighted by molar-refractivity contribution is -0.383. The summed E-state index contributed by atoms with van der Waals surface area (Å²) >= 11 is 0. The molecular formula is C24H40O21. The Bertz CT molecular complexity index is 971. The fourth-order valence-electron chi connectivity index (χ4n) is 5.46. The third kappa shape index (κ3) is 7.26. The van der Waals surface area contributed by atoms with Gasteiger partial charge in [-0.1, -0.05) is 0 Å². The smallest absolute Gasteiger partial charge is 0.335 e. The van der Waals surface area contributed by atoms with Crippen LogP contribution >= 0.6 is 0 Å². The van der Waals surface area contributed by atoms with Crippen LogP contribution in [0, 0.1) is 0 Å². The molecule has 21 nitrogen and oxygen atoms in total. The number of aliphatic hydroxyl groups excluding tert-OH is 12. The lowest BCUT2D eigenvalue weighted by atomic mass is 9.95. The van der Waals surface area contributed by atoms with E-state index >= 15 is 0 Å². The predicted octanol–water partition coefficient (Wildman–Crippen LogP) is -8.63. The van der Waals surface area contributed by atoms with E-state index in [4.69, 9.17) is 33.2 Å². The number of hydrogen-bond acceptors (Lipinski definition) is 20. The Kier molecular flexibility index (Phi) is 12.1. The van der Waals surface area contributed by atoms with E-state index in [1.807, 2.05) is 0 Å². The van der Waals surface area contributed by atoms with E-state index in [0.29, 0.717) is 0 Å². The topological polar surface area (TPSA) is 345 Å². The van der Waals surface area contributed by atoms with Gasteiger partial charge >= 0.3 is 5.97 Å². The first-order chi connectivity index (χ1) is 21.1. The van der Waals surface area contributed by atoms with Crippen LogP contribution in [0.15, 0.2) is 0 Å². The largest absolute Gasteiger partial charge is 0.479 e. The van der Waals surface area contributed by atoms with Gasteiger partial charge in [0.15, 0.2) is 31.3 Å². The third-order valence-electron chi connectivity index (χ3n) is 8.13. The average molecular weight is 665 g/mol. The van der Waals surface area contributed by atoms with Gasteiger partial charge < -0.3 is 99.5 Å². The molecule has 4 heterocycles. The van der Waals surface area contributed by atoms with Crippen molar-refractivity contribution >= 4 is 5.97 Å². The summed E-state index contributed by atoms with van der Waals surface area (Å²) in [6, 6.07) is 0. The molecule has 4 aliphatic rings. The van der Waals surface area contributed by atoms with E-state index in [-0.39, 0.29) is 0 Å². The van der Waals surface area contributed by atoms with Gasteiger partial charge in [-0.2, -0.15) is 0 Å². The molecule has 4 aliphatic heterocycles. The van der Waals surface area contributed by atoms with Gasteiger partial charge in [0, 0.05) is 0 Å². The van der Waals surface area contributed by atoms with Crippen LogP contribution in [-0.2, 0) is 38.0 Å². The van der Waals surface area contributed by atoms with E-state index in [2.05, 4.69) is 0 Å². The molecule has 0 aliphatic carbocycles. The molecule has 1 unspecified atom stereocenters. The van der Waals surface area contributed by atoms with Crippen molar-refractivity contribution in [1.82, 2.24) is 0 Å². The summed E-state index contributed by atoms with van der Waals surface area (Å²) in [6.07, 6.45) is -36.6. The summed E-state index contributed by atoms with van der Waals surface area (Å²) < 4.78 is 37.2. The summed E-state index contributed by atoms with van der Waals surface area (Å²) in [5, 5.41) is 132. The standard InChI is InChI=1S/C24H40O21/c1-4-7(27)8(28)13(33)22(39-4)42-17-6(3-26)41-23(14(34)10(17)30)44-18-11(31)15(35)24(45-19(18)20(36)37)43-16-5(2-25)40-21(38)12(32)9(16)29/h4-19,21-35,38H,2-3H2,1H3,(H,36,37)/t4-,5+,6+,7-,8+,9+,10+,11+,12+,13+,14+,15+,16+,17+,18-,19-,21?,22-,23-,24+/m0/s1. The molecular weight excluding hydrogens is 624 g/mol. The van der Waals surface area contributed by atoms with E-state index in [9.17, 15) is 71.2 Å². The second-order valence-electron chi connectivity index (χ2n) is 11.2. The van der Waals surface area contributed by atoms with Gasteiger partial charge in [0.2, 0.25) is 0 Å². The molecule has 20 atom stereocenters. The van der Waals surface area contributed by atoms with Gasteiger partial charge in [0.05, 0.1) is 19.3 Å². The maximum atomic E-state index is 12.1. The van der Waals surface area contributed by atoms with Gasteiger partial charge in [-0.25, -0.2) is 4.79 Å². The Morgan fingerprint density at radius 3 is 1.49 bits per heavy atom. The van der Waals surface area contributed by atoms with Crippen molar-refractivity contribution in [3.05, 3.63) is 0 Å². The number of rotatable bonds is 9. The molecule has 4 fully saturated rings. The average Bonchev–Trinajstić information content (AvgIpc) is 3.01. The molecule has 0 spiro atoms. The van der Waals surface area contributed by atoms with E-state index in [1.54, 1.807) is 0 Å². The van der Waals surface area contributed by atoms with Crippen LogP contribution in [0.1, 0.15) is 6.92 Å². The Labute approximate surface area is 253 Å². The molecule has 45 heavy (non-hydrogen) atoms. The van der Waals surface area contributed by atoms with Crippen molar-refractivity contribution < 1.29 is 104 Å². The van der Waals surface area contributed by atoms with Crippen molar-refractivity contribution in [3.8, 4) is 0 Å². The van der Waals surface area contributed by atoms with E-state index in [0.717, 1.165) is 0 Å². The molecule has 0 aromatic carbocycles. The van der Waals surface area contributed by atoms with Crippen LogP contribution in [0.4, 0.5) is 0 Å². The number of aliphatic carboxylic acids is 1. The molecule has 0 amide bonds. The van der Waals surface area contributed by atoms with Crippen LogP contribution in [-0.4, -0.2) is 208 Å². The molecule has 0 radical (unpaired) electrons. The maximum Gasteiger partial charge on any atom is 0.335 e.